The SMILES string of the molecule is COC(=O)C1CN(C(=O)c2cccc(I)c2)CCO1. The second-order valence-electron chi connectivity index (χ2n) is 4.14. The van der Waals surface area contributed by atoms with E-state index in [0.717, 1.165) is 3.57 Å². The van der Waals surface area contributed by atoms with Crippen LogP contribution in [0.1, 0.15) is 10.4 Å². The molecule has 1 aliphatic heterocycles. The first-order chi connectivity index (χ1) is 9.11. The molecule has 1 aromatic carbocycles. The second kappa shape index (κ2) is 6.33. The Balaban J connectivity index is 2.09. The third-order valence-electron chi connectivity index (χ3n) is 2.89. The van der Waals surface area contributed by atoms with Crippen LogP contribution in [-0.2, 0) is 14.3 Å². The molecule has 1 aliphatic rings. The van der Waals surface area contributed by atoms with Gasteiger partial charge in [0, 0.05) is 15.7 Å². The van der Waals surface area contributed by atoms with Crippen molar-refractivity contribution in [2.24, 2.45) is 0 Å². The first-order valence-corrected chi connectivity index (χ1v) is 6.94. The van der Waals surface area contributed by atoms with Gasteiger partial charge in [-0.25, -0.2) is 4.79 Å². The van der Waals surface area contributed by atoms with E-state index in [1.165, 1.54) is 7.11 Å². The first-order valence-electron chi connectivity index (χ1n) is 5.86. The van der Waals surface area contributed by atoms with Crippen molar-refractivity contribution in [1.82, 2.24) is 4.90 Å². The highest BCUT2D eigenvalue weighted by Gasteiger charge is 2.30. The molecule has 0 bridgehead atoms. The topological polar surface area (TPSA) is 55.8 Å². The maximum Gasteiger partial charge on any atom is 0.336 e. The van der Waals surface area contributed by atoms with Crippen molar-refractivity contribution in [3.8, 4) is 0 Å². The number of amides is 1. The molecule has 0 N–H and O–H groups in total. The van der Waals surface area contributed by atoms with Crippen molar-refractivity contribution in [2.75, 3.05) is 26.8 Å². The Labute approximate surface area is 125 Å². The molecule has 102 valence electrons. The molecular weight excluding hydrogens is 361 g/mol. The van der Waals surface area contributed by atoms with Gasteiger partial charge < -0.3 is 14.4 Å². The van der Waals surface area contributed by atoms with Crippen LogP contribution in [0, 0.1) is 3.57 Å². The van der Waals surface area contributed by atoms with Crippen molar-refractivity contribution in [3.05, 3.63) is 33.4 Å². The van der Waals surface area contributed by atoms with Gasteiger partial charge in [0.1, 0.15) is 0 Å². The van der Waals surface area contributed by atoms with E-state index >= 15 is 0 Å². The second-order valence-corrected chi connectivity index (χ2v) is 5.39. The smallest absolute Gasteiger partial charge is 0.336 e. The quantitative estimate of drug-likeness (QED) is 0.578. The van der Waals surface area contributed by atoms with E-state index < -0.39 is 12.1 Å². The van der Waals surface area contributed by atoms with E-state index in [2.05, 4.69) is 27.3 Å². The average molecular weight is 375 g/mol. The van der Waals surface area contributed by atoms with Gasteiger partial charge in [0.2, 0.25) is 0 Å². The molecular formula is C13H14INO4. The number of ether oxygens (including phenoxy) is 2. The van der Waals surface area contributed by atoms with Gasteiger partial charge in [0.25, 0.3) is 5.91 Å². The lowest BCUT2D eigenvalue weighted by Gasteiger charge is -2.31. The number of methoxy groups -OCH3 is 1. The lowest BCUT2D eigenvalue weighted by molar-refractivity contribution is -0.158. The number of esters is 1. The highest BCUT2D eigenvalue weighted by Crippen LogP contribution is 2.14. The lowest BCUT2D eigenvalue weighted by atomic mass is 10.1. The molecule has 6 heteroatoms. The molecule has 2 rings (SSSR count). The average Bonchev–Trinajstić information content (AvgIpc) is 2.45. The summed E-state index contributed by atoms with van der Waals surface area (Å²) in [7, 11) is 1.31. The standard InChI is InChI=1S/C13H14INO4/c1-18-13(17)11-8-15(5-6-19-11)12(16)9-3-2-4-10(14)7-9/h2-4,7,11H,5-6,8H2,1H3. The van der Waals surface area contributed by atoms with Crippen LogP contribution >= 0.6 is 22.6 Å². The maximum absolute atomic E-state index is 12.3. The molecule has 0 aromatic heterocycles. The molecule has 1 saturated heterocycles. The molecule has 0 aliphatic carbocycles. The van der Waals surface area contributed by atoms with Crippen molar-refractivity contribution in [3.63, 3.8) is 0 Å². The monoisotopic (exact) mass is 375 g/mol. The van der Waals surface area contributed by atoms with Crippen LogP contribution in [0.3, 0.4) is 0 Å². The Morgan fingerprint density at radius 2 is 2.26 bits per heavy atom. The number of nitrogens with zero attached hydrogens (tertiary/aromatic N) is 1. The van der Waals surface area contributed by atoms with E-state index in [4.69, 9.17) is 4.74 Å². The number of rotatable bonds is 2. The zero-order valence-electron chi connectivity index (χ0n) is 10.5. The Morgan fingerprint density at radius 1 is 1.47 bits per heavy atom. The van der Waals surface area contributed by atoms with Crippen molar-refractivity contribution in [1.29, 1.82) is 0 Å². The fraction of sp³-hybridized carbons (Fsp3) is 0.385. The van der Waals surface area contributed by atoms with Crippen LogP contribution in [0.4, 0.5) is 0 Å². The van der Waals surface area contributed by atoms with Gasteiger partial charge in [-0.2, -0.15) is 0 Å². The minimum Gasteiger partial charge on any atom is -0.467 e. The number of hydrogen-bond acceptors (Lipinski definition) is 4. The van der Waals surface area contributed by atoms with Crippen LogP contribution in [0.15, 0.2) is 24.3 Å². The Morgan fingerprint density at radius 3 is 2.95 bits per heavy atom. The van der Waals surface area contributed by atoms with E-state index in [9.17, 15) is 9.59 Å². The number of hydrogen-bond donors (Lipinski definition) is 0. The van der Waals surface area contributed by atoms with Gasteiger partial charge >= 0.3 is 5.97 Å². The van der Waals surface area contributed by atoms with Crippen LogP contribution in [-0.4, -0.2) is 49.7 Å². The van der Waals surface area contributed by atoms with Gasteiger partial charge in [-0.3, -0.25) is 4.79 Å². The molecule has 1 atom stereocenters. The Kier molecular flexibility index (Phi) is 4.76. The Bertz CT molecular complexity index is 491. The van der Waals surface area contributed by atoms with Gasteiger partial charge in [0.15, 0.2) is 6.10 Å². The zero-order valence-corrected chi connectivity index (χ0v) is 12.6. The van der Waals surface area contributed by atoms with Crippen molar-refractivity contribution >= 4 is 34.5 Å². The van der Waals surface area contributed by atoms with Crippen LogP contribution in [0.5, 0.6) is 0 Å². The van der Waals surface area contributed by atoms with Crippen molar-refractivity contribution in [2.45, 2.75) is 6.10 Å². The summed E-state index contributed by atoms with van der Waals surface area (Å²) < 4.78 is 10.9. The first kappa shape index (κ1) is 14.3. The summed E-state index contributed by atoms with van der Waals surface area (Å²) in [6.07, 6.45) is -0.689. The molecule has 1 unspecified atom stereocenters. The number of halogens is 1. The number of morpholine rings is 1. The van der Waals surface area contributed by atoms with E-state index in [1.807, 2.05) is 18.2 Å². The normalized spacial score (nSPS) is 19.1. The predicted molar refractivity (Wildman–Crippen MR) is 76.8 cm³/mol. The fourth-order valence-corrected chi connectivity index (χ4v) is 2.45. The molecule has 1 amide bonds. The van der Waals surface area contributed by atoms with Gasteiger partial charge in [-0.1, -0.05) is 6.07 Å². The summed E-state index contributed by atoms with van der Waals surface area (Å²) in [4.78, 5) is 25.4. The highest BCUT2D eigenvalue weighted by molar-refractivity contribution is 14.1. The predicted octanol–water partition coefficient (Wildman–Crippen LogP) is 1.31. The van der Waals surface area contributed by atoms with Gasteiger partial charge in [-0.15, -0.1) is 0 Å². The van der Waals surface area contributed by atoms with E-state index in [0.29, 0.717) is 18.7 Å². The zero-order chi connectivity index (χ0) is 13.8. The van der Waals surface area contributed by atoms with Crippen LogP contribution in [0.25, 0.3) is 0 Å². The summed E-state index contributed by atoms with van der Waals surface area (Å²) in [5.74, 6) is -0.532. The highest BCUT2D eigenvalue weighted by atomic mass is 127. The summed E-state index contributed by atoms with van der Waals surface area (Å²) in [6, 6.07) is 7.36. The fourth-order valence-electron chi connectivity index (χ4n) is 1.91. The summed E-state index contributed by atoms with van der Waals surface area (Å²) >= 11 is 2.16. The molecule has 19 heavy (non-hydrogen) atoms. The van der Waals surface area contributed by atoms with E-state index in [1.54, 1.807) is 11.0 Å². The third-order valence-corrected chi connectivity index (χ3v) is 3.56. The number of carbonyl (C=O) groups is 2. The minimum absolute atomic E-state index is 0.0873. The number of carbonyl (C=O) groups excluding carboxylic acids is 2. The summed E-state index contributed by atoms with van der Waals surface area (Å²) in [5, 5.41) is 0. The molecule has 1 fully saturated rings. The van der Waals surface area contributed by atoms with Gasteiger partial charge in [0.05, 0.1) is 20.3 Å². The van der Waals surface area contributed by atoms with Crippen LogP contribution < -0.4 is 0 Å². The van der Waals surface area contributed by atoms with Crippen LogP contribution in [0.2, 0.25) is 0 Å². The maximum atomic E-state index is 12.3. The molecule has 0 radical (unpaired) electrons. The molecule has 1 heterocycles. The van der Waals surface area contributed by atoms with Gasteiger partial charge in [-0.05, 0) is 40.8 Å². The minimum atomic E-state index is -0.689. The molecule has 0 saturated carbocycles. The molecule has 1 aromatic rings. The molecule has 0 spiro atoms. The summed E-state index contributed by atoms with van der Waals surface area (Å²) in [6.45, 7) is 1.06. The number of benzene rings is 1. The Hall–Kier alpha value is -1.15. The third kappa shape index (κ3) is 3.44. The summed E-state index contributed by atoms with van der Waals surface area (Å²) in [5.41, 5.74) is 0.623. The van der Waals surface area contributed by atoms with E-state index in [-0.39, 0.29) is 12.5 Å². The lowest BCUT2D eigenvalue weighted by Crippen LogP contribution is -2.48. The van der Waals surface area contributed by atoms with Crippen molar-refractivity contribution < 1.29 is 19.1 Å². The molecule has 5 nitrogen and oxygen atoms in total. The largest absolute Gasteiger partial charge is 0.467 e.